The largest absolute Gasteiger partial charge is 0.336 e. The van der Waals surface area contributed by atoms with E-state index in [-0.39, 0.29) is 0 Å². The van der Waals surface area contributed by atoms with E-state index < -0.39 is 0 Å². The van der Waals surface area contributed by atoms with Crippen LogP contribution in [0.4, 0.5) is 11.5 Å². The first kappa shape index (κ1) is 11.5. The molecule has 3 aromatic heterocycles. The molecule has 18 heavy (non-hydrogen) atoms. The molecule has 0 amide bonds. The Morgan fingerprint density at radius 3 is 2.94 bits per heavy atom. The van der Waals surface area contributed by atoms with Gasteiger partial charge in [-0.05, 0) is 19.1 Å². The van der Waals surface area contributed by atoms with Gasteiger partial charge in [0.2, 0.25) is 0 Å². The maximum Gasteiger partial charge on any atom is 0.155 e. The third-order valence-electron chi connectivity index (χ3n) is 2.65. The number of hydrogen-bond donors (Lipinski definition) is 1. The van der Waals surface area contributed by atoms with Crippen molar-refractivity contribution < 1.29 is 0 Å². The Hall–Kier alpha value is -1.59. The summed E-state index contributed by atoms with van der Waals surface area (Å²) < 4.78 is 2.89. The van der Waals surface area contributed by atoms with Crippen LogP contribution in [0, 0.1) is 6.92 Å². The van der Waals surface area contributed by atoms with Crippen molar-refractivity contribution in [2.75, 3.05) is 5.32 Å². The lowest BCUT2D eigenvalue weighted by atomic mass is 10.3. The van der Waals surface area contributed by atoms with Gasteiger partial charge in [0.1, 0.15) is 10.7 Å². The van der Waals surface area contributed by atoms with Gasteiger partial charge >= 0.3 is 0 Å². The lowest BCUT2D eigenvalue weighted by molar-refractivity contribution is 0.771. The van der Waals surface area contributed by atoms with Gasteiger partial charge in [-0.1, -0.05) is 11.6 Å². The summed E-state index contributed by atoms with van der Waals surface area (Å²) in [4.78, 5) is 4.35. The molecular formula is C12H11ClN4S. The molecule has 0 aromatic carbocycles. The Morgan fingerprint density at radius 2 is 2.22 bits per heavy atom. The summed E-state index contributed by atoms with van der Waals surface area (Å²) >= 11 is 7.57. The smallest absolute Gasteiger partial charge is 0.155 e. The zero-order chi connectivity index (χ0) is 12.7. The van der Waals surface area contributed by atoms with E-state index in [2.05, 4.69) is 15.4 Å². The normalized spacial score (nSPS) is 11.1. The molecule has 3 heterocycles. The van der Waals surface area contributed by atoms with Crippen LogP contribution in [0.15, 0.2) is 23.7 Å². The number of pyridine rings is 1. The zero-order valence-corrected chi connectivity index (χ0v) is 11.5. The first-order valence-electron chi connectivity index (χ1n) is 5.44. The lowest BCUT2D eigenvalue weighted by Gasteiger charge is -2.02. The molecule has 3 rings (SSSR count). The fourth-order valence-corrected chi connectivity index (χ4v) is 2.81. The van der Waals surface area contributed by atoms with Gasteiger partial charge in [0.05, 0.1) is 10.4 Å². The second-order valence-corrected chi connectivity index (χ2v) is 5.39. The van der Waals surface area contributed by atoms with E-state index in [1.807, 2.05) is 31.6 Å². The van der Waals surface area contributed by atoms with Crippen LogP contribution in [0.2, 0.25) is 5.15 Å². The van der Waals surface area contributed by atoms with Crippen molar-refractivity contribution in [1.29, 1.82) is 0 Å². The predicted molar refractivity (Wildman–Crippen MR) is 75.9 cm³/mol. The van der Waals surface area contributed by atoms with Gasteiger partial charge in [-0.3, -0.25) is 4.68 Å². The molecule has 0 aliphatic carbocycles. The van der Waals surface area contributed by atoms with E-state index in [4.69, 9.17) is 11.6 Å². The minimum Gasteiger partial charge on any atom is -0.336 e. The van der Waals surface area contributed by atoms with E-state index in [0.29, 0.717) is 5.15 Å². The standard InChI is InChI=1S/C12H11ClN4S/c1-7-5-17(2)16-12(7)14-8-6-18-9-3-4-10(13)15-11(8)9/h3-6H,1-2H3,(H,14,16). The van der Waals surface area contributed by atoms with Gasteiger partial charge in [0.15, 0.2) is 5.82 Å². The monoisotopic (exact) mass is 278 g/mol. The van der Waals surface area contributed by atoms with E-state index in [9.17, 15) is 0 Å². The first-order valence-corrected chi connectivity index (χ1v) is 6.70. The molecule has 0 unspecified atom stereocenters. The molecule has 0 fully saturated rings. The molecule has 0 spiro atoms. The number of nitrogens with zero attached hydrogens (tertiary/aromatic N) is 3. The third kappa shape index (κ3) is 1.95. The highest BCUT2D eigenvalue weighted by Gasteiger charge is 2.09. The van der Waals surface area contributed by atoms with Crippen LogP contribution in [0.1, 0.15) is 5.56 Å². The molecule has 4 nitrogen and oxygen atoms in total. The lowest BCUT2D eigenvalue weighted by Crippen LogP contribution is -1.94. The first-order chi connectivity index (χ1) is 8.63. The molecule has 92 valence electrons. The number of hydrogen-bond acceptors (Lipinski definition) is 4. The van der Waals surface area contributed by atoms with Crippen molar-refractivity contribution in [1.82, 2.24) is 14.8 Å². The minimum atomic E-state index is 0.502. The summed E-state index contributed by atoms with van der Waals surface area (Å²) in [7, 11) is 1.90. The van der Waals surface area contributed by atoms with Crippen LogP contribution >= 0.6 is 22.9 Å². The quantitative estimate of drug-likeness (QED) is 0.726. The third-order valence-corrected chi connectivity index (χ3v) is 3.80. The number of aryl methyl sites for hydroxylation is 2. The number of aromatic nitrogens is 3. The van der Waals surface area contributed by atoms with Gasteiger partial charge in [-0.15, -0.1) is 11.3 Å². The number of thiophene rings is 1. The van der Waals surface area contributed by atoms with Gasteiger partial charge in [0, 0.05) is 24.2 Å². The van der Waals surface area contributed by atoms with Gasteiger partial charge in [0.25, 0.3) is 0 Å². The van der Waals surface area contributed by atoms with Crippen LogP contribution < -0.4 is 5.32 Å². The summed E-state index contributed by atoms with van der Waals surface area (Å²) in [6.07, 6.45) is 1.97. The molecule has 0 saturated heterocycles. The van der Waals surface area contributed by atoms with E-state index in [0.717, 1.165) is 27.3 Å². The predicted octanol–water partition coefficient (Wildman–Crippen LogP) is 3.74. The maximum atomic E-state index is 5.93. The molecule has 0 atom stereocenters. The van der Waals surface area contributed by atoms with Crippen LogP contribution in [0.5, 0.6) is 0 Å². The maximum absolute atomic E-state index is 5.93. The average molecular weight is 279 g/mol. The van der Waals surface area contributed by atoms with Gasteiger partial charge in [-0.25, -0.2) is 4.98 Å². The van der Waals surface area contributed by atoms with E-state index >= 15 is 0 Å². The summed E-state index contributed by atoms with van der Waals surface area (Å²) in [6.45, 7) is 2.02. The summed E-state index contributed by atoms with van der Waals surface area (Å²) in [6, 6.07) is 3.78. The number of rotatable bonds is 2. The Kier molecular flexibility index (Phi) is 2.72. The molecule has 0 saturated carbocycles. The summed E-state index contributed by atoms with van der Waals surface area (Å²) in [5.74, 6) is 0.846. The van der Waals surface area contributed by atoms with Crippen molar-refractivity contribution >= 4 is 44.7 Å². The molecule has 3 aromatic rings. The Balaban J connectivity index is 2.05. The van der Waals surface area contributed by atoms with Crippen LogP contribution in [-0.4, -0.2) is 14.8 Å². The number of fused-ring (bicyclic) bond motifs is 1. The molecule has 1 N–H and O–H groups in total. The fraction of sp³-hybridized carbons (Fsp3) is 0.167. The van der Waals surface area contributed by atoms with E-state index in [1.54, 1.807) is 22.1 Å². The molecule has 6 heteroatoms. The van der Waals surface area contributed by atoms with Crippen molar-refractivity contribution in [3.05, 3.63) is 34.4 Å². The number of halogens is 1. The number of nitrogens with one attached hydrogen (secondary N) is 1. The zero-order valence-electron chi connectivity index (χ0n) is 9.94. The molecular weight excluding hydrogens is 268 g/mol. The van der Waals surface area contributed by atoms with Crippen LogP contribution in [0.25, 0.3) is 10.2 Å². The molecule has 0 aliphatic heterocycles. The second-order valence-electron chi connectivity index (χ2n) is 4.09. The fourth-order valence-electron chi connectivity index (χ4n) is 1.84. The highest BCUT2D eigenvalue weighted by atomic mass is 35.5. The Morgan fingerprint density at radius 1 is 1.39 bits per heavy atom. The van der Waals surface area contributed by atoms with Crippen molar-refractivity contribution in [2.24, 2.45) is 7.05 Å². The average Bonchev–Trinajstić information content (AvgIpc) is 2.84. The molecule has 0 bridgehead atoms. The van der Waals surface area contributed by atoms with Crippen LogP contribution in [-0.2, 0) is 7.05 Å². The highest BCUT2D eigenvalue weighted by molar-refractivity contribution is 7.17. The second kappa shape index (κ2) is 4.26. The van der Waals surface area contributed by atoms with E-state index in [1.165, 1.54) is 0 Å². The van der Waals surface area contributed by atoms with Crippen molar-refractivity contribution in [3.8, 4) is 0 Å². The minimum absolute atomic E-state index is 0.502. The molecule has 0 radical (unpaired) electrons. The van der Waals surface area contributed by atoms with Crippen LogP contribution in [0.3, 0.4) is 0 Å². The summed E-state index contributed by atoms with van der Waals surface area (Å²) in [5, 5.41) is 10.2. The Bertz CT molecular complexity index is 716. The van der Waals surface area contributed by atoms with Gasteiger partial charge in [-0.2, -0.15) is 5.10 Å². The molecule has 0 aliphatic rings. The SMILES string of the molecule is Cc1cn(C)nc1Nc1csc2ccc(Cl)nc12. The van der Waals surface area contributed by atoms with Crippen molar-refractivity contribution in [3.63, 3.8) is 0 Å². The number of anilines is 2. The summed E-state index contributed by atoms with van der Waals surface area (Å²) in [5.41, 5.74) is 2.93. The van der Waals surface area contributed by atoms with Crippen molar-refractivity contribution in [2.45, 2.75) is 6.92 Å². The topological polar surface area (TPSA) is 42.7 Å². The highest BCUT2D eigenvalue weighted by Crippen LogP contribution is 2.32. The Labute approximate surface area is 113 Å². The van der Waals surface area contributed by atoms with Gasteiger partial charge < -0.3 is 5.32 Å².